The molecular weight excluding hydrogens is 267 g/mol. The minimum absolute atomic E-state index is 0.0822. The van der Waals surface area contributed by atoms with Crippen LogP contribution in [0.4, 0.5) is 13.2 Å². The molecule has 0 N–H and O–H groups in total. The van der Waals surface area contributed by atoms with Crippen molar-refractivity contribution < 1.29 is 17.9 Å². The van der Waals surface area contributed by atoms with E-state index >= 15 is 0 Å². The predicted octanol–water partition coefficient (Wildman–Crippen LogP) is 4.25. The molecule has 0 fully saturated rings. The van der Waals surface area contributed by atoms with Crippen LogP contribution < -0.4 is 4.74 Å². The number of nitrogens with zero attached hydrogens (tertiary/aromatic N) is 1. The molecule has 0 atom stereocenters. The molecule has 0 aromatic heterocycles. The van der Waals surface area contributed by atoms with Crippen LogP contribution in [0.25, 0.3) is 11.1 Å². The molecule has 2 nitrogen and oxygen atoms in total. The summed E-state index contributed by atoms with van der Waals surface area (Å²) in [6.07, 6.45) is -4.50. The maximum absolute atomic E-state index is 12.9. The van der Waals surface area contributed by atoms with E-state index in [1.165, 1.54) is 7.11 Å². The zero-order chi connectivity index (χ0) is 14.8. The van der Waals surface area contributed by atoms with Crippen LogP contribution in [0.15, 0.2) is 42.5 Å². The second-order valence-electron chi connectivity index (χ2n) is 4.08. The molecular formula is C15H10F3NO. The lowest BCUT2D eigenvalue weighted by molar-refractivity contribution is -0.137. The lowest BCUT2D eigenvalue weighted by Crippen LogP contribution is -2.06. The largest absolute Gasteiger partial charge is 0.495 e. The molecule has 5 heteroatoms. The highest BCUT2D eigenvalue weighted by Gasteiger charge is 2.32. The summed E-state index contributed by atoms with van der Waals surface area (Å²) in [5.41, 5.74) is -0.00729. The first kappa shape index (κ1) is 13.9. The van der Waals surface area contributed by atoms with Crippen molar-refractivity contribution in [1.29, 1.82) is 5.26 Å². The highest BCUT2D eigenvalue weighted by Crippen LogP contribution is 2.38. The van der Waals surface area contributed by atoms with Gasteiger partial charge in [-0.1, -0.05) is 30.3 Å². The summed E-state index contributed by atoms with van der Waals surface area (Å²) >= 11 is 0. The van der Waals surface area contributed by atoms with E-state index in [-0.39, 0.29) is 16.9 Å². The molecule has 0 bridgehead atoms. The number of hydrogen-bond donors (Lipinski definition) is 0. The number of hydrogen-bond acceptors (Lipinski definition) is 2. The van der Waals surface area contributed by atoms with E-state index in [9.17, 15) is 18.4 Å². The Morgan fingerprint density at radius 1 is 1.10 bits per heavy atom. The fraction of sp³-hybridized carbons (Fsp3) is 0.133. The summed E-state index contributed by atoms with van der Waals surface area (Å²) < 4.78 is 43.6. The van der Waals surface area contributed by atoms with Crippen molar-refractivity contribution in [1.82, 2.24) is 0 Å². The molecule has 0 radical (unpaired) electrons. The number of halogens is 3. The quantitative estimate of drug-likeness (QED) is 0.822. The van der Waals surface area contributed by atoms with Gasteiger partial charge in [-0.3, -0.25) is 0 Å². The van der Waals surface area contributed by atoms with E-state index in [1.807, 2.05) is 6.07 Å². The molecule has 0 saturated heterocycles. The molecule has 0 heterocycles. The van der Waals surface area contributed by atoms with Crippen LogP contribution in [-0.2, 0) is 6.18 Å². The van der Waals surface area contributed by atoms with Gasteiger partial charge in [-0.05, 0) is 17.7 Å². The fourth-order valence-electron chi connectivity index (χ4n) is 1.90. The molecule has 2 rings (SSSR count). The van der Waals surface area contributed by atoms with Crippen LogP contribution in [0.3, 0.4) is 0 Å². The predicted molar refractivity (Wildman–Crippen MR) is 68.1 cm³/mol. The van der Waals surface area contributed by atoms with Crippen LogP contribution in [0.1, 0.15) is 11.1 Å². The Kier molecular flexibility index (Phi) is 3.66. The molecule has 0 spiro atoms. The summed E-state index contributed by atoms with van der Waals surface area (Å²) in [5.74, 6) is -0.0822. The molecule has 20 heavy (non-hydrogen) atoms. The third-order valence-electron chi connectivity index (χ3n) is 2.85. The summed E-state index contributed by atoms with van der Waals surface area (Å²) in [6.45, 7) is 0. The molecule has 0 unspecified atom stereocenters. The topological polar surface area (TPSA) is 33.0 Å². The minimum atomic E-state index is -4.50. The van der Waals surface area contributed by atoms with Gasteiger partial charge in [0.25, 0.3) is 0 Å². The van der Waals surface area contributed by atoms with E-state index in [4.69, 9.17) is 4.74 Å². The van der Waals surface area contributed by atoms with Gasteiger partial charge in [0.1, 0.15) is 17.4 Å². The van der Waals surface area contributed by atoms with Gasteiger partial charge in [-0.2, -0.15) is 18.4 Å². The van der Waals surface area contributed by atoms with Crippen LogP contribution in [0.5, 0.6) is 5.75 Å². The number of benzene rings is 2. The van der Waals surface area contributed by atoms with Crippen molar-refractivity contribution in [3.63, 3.8) is 0 Å². The van der Waals surface area contributed by atoms with Gasteiger partial charge in [0, 0.05) is 5.56 Å². The molecule has 102 valence electrons. The Bertz CT molecular complexity index is 657. The first-order chi connectivity index (χ1) is 9.47. The van der Waals surface area contributed by atoms with Crippen molar-refractivity contribution in [2.24, 2.45) is 0 Å². The summed E-state index contributed by atoms with van der Waals surface area (Å²) in [4.78, 5) is 0. The van der Waals surface area contributed by atoms with Crippen molar-refractivity contribution in [2.45, 2.75) is 6.18 Å². The number of alkyl halides is 3. The van der Waals surface area contributed by atoms with Crippen LogP contribution in [-0.4, -0.2) is 7.11 Å². The van der Waals surface area contributed by atoms with Gasteiger partial charge >= 0.3 is 6.18 Å². The first-order valence-corrected chi connectivity index (χ1v) is 5.72. The summed E-state index contributed by atoms with van der Waals surface area (Å²) in [6, 6.07) is 12.1. The number of ether oxygens (including phenoxy) is 1. The minimum Gasteiger partial charge on any atom is -0.495 e. The van der Waals surface area contributed by atoms with Crippen LogP contribution in [0, 0.1) is 11.3 Å². The van der Waals surface area contributed by atoms with E-state index in [1.54, 1.807) is 30.3 Å². The van der Waals surface area contributed by atoms with E-state index in [0.29, 0.717) is 5.56 Å². The zero-order valence-electron chi connectivity index (χ0n) is 10.5. The van der Waals surface area contributed by atoms with Crippen molar-refractivity contribution >= 4 is 0 Å². The Morgan fingerprint density at radius 2 is 1.75 bits per heavy atom. The van der Waals surface area contributed by atoms with Gasteiger partial charge in [0.05, 0.1) is 12.7 Å². The highest BCUT2D eigenvalue weighted by molar-refractivity contribution is 5.74. The monoisotopic (exact) mass is 277 g/mol. The molecule has 0 aliphatic rings. The Labute approximate surface area is 114 Å². The molecule has 0 aliphatic carbocycles. The molecule has 2 aromatic rings. The van der Waals surface area contributed by atoms with Gasteiger partial charge < -0.3 is 4.74 Å². The van der Waals surface area contributed by atoms with Crippen LogP contribution >= 0.6 is 0 Å². The van der Waals surface area contributed by atoms with Gasteiger partial charge in [0.15, 0.2) is 0 Å². The lowest BCUT2D eigenvalue weighted by atomic mass is 9.96. The molecule has 0 amide bonds. The second-order valence-corrected chi connectivity index (χ2v) is 4.08. The number of methoxy groups -OCH3 is 1. The second kappa shape index (κ2) is 5.25. The third kappa shape index (κ3) is 2.59. The maximum Gasteiger partial charge on any atom is 0.416 e. The van der Waals surface area contributed by atoms with E-state index in [2.05, 4.69) is 0 Å². The molecule has 2 aromatic carbocycles. The van der Waals surface area contributed by atoms with Crippen molar-refractivity contribution in [3.8, 4) is 22.9 Å². The van der Waals surface area contributed by atoms with E-state index < -0.39 is 11.7 Å². The Morgan fingerprint density at radius 3 is 2.25 bits per heavy atom. The first-order valence-electron chi connectivity index (χ1n) is 5.72. The number of rotatable bonds is 2. The van der Waals surface area contributed by atoms with Crippen molar-refractivity contribution in [3.05, 3.63) is 53.6 Å². The SMILES string of the molecule is COc1cc(C(F)(F)F)cc(-c2ccccc2)c1C#N. The normalized spacial score (nSPS) is 10.9. The highest BCUT2D eigenvalue weighted by atomic mass is 19.4. The van der Waals surface area contributed by atoms with Crippen LogP contribution in [0.2, 0.25) is 0 Å². The molecule has 0 aliphatic heterocycles. The average Bonchev–Trinajstić information content (AvgIpc) is 2.45. The third-order valence-corrected chi connectivity index (χ3v) is 2.85. The maximum atomic E-state index is 12.9. The number of nitriles is 1. The van der Waals surface area contributed by atoms with Gasteiger partial charge in [0.2, 0.25) is 0 Å². The summed E-state index contributed by atoms with van der Waals surface area (Å²) in [7, 11) is 1.24. The smallest absolute Gasteiger partial charge is 0.416 e. The lowest BCUT2D eigenvalue weighted by Gasteiger charge is -2.14. The van der Waals surface area contributed by atoms with Crippen molar-refractivity contribution in [2.75, 3.05) is 7.11 Å². The Hall–Kier alpha value is -2.48. The summed E-state index contributed by atoms with van der Waals surface area (Å²) in [5, 5.41) is 9.17. The van der Waals surface area contributed by atoms with Gasteiger partial charge in [-0.15, -0.1) is 0 Å². The standard InChI is InChI=1S/C15H10F3NO/c1-20-14-8-11(15(16,17)18)7-12(13(14)9-19)10-5-3-2-4-6-10/h2-8H,1H3. The average molecular weight is 277 g/mol. The van der Waals surface area contributed by atoms with Gasteiger partial charge in [-0.25, -0.2) is 0 Å². The van der Waals surface area contributed by atoms with E-state index in [0.717, 1.165) is 12.1 Å². The molecule has 0 saturated carbocycles. The fourth-order valence-corrected chi connectivity index (χ4v) is 1.90. The zero-order valence-corrected chi connectivity index (χ0v) is 10.5. The Balaban J connectivity index is 2.75.